The van der Waals surface area contributed by atoms with E-state index >= 15 is 0 Å². The second-order valence-electron chi connectivity index (χ2n) is 5.53. The third-order valence-corrected chi connectivity index (χ3v) is 5.80. The molecular formula is C14H19N3O2S2. The van der Waals surface area contributed by atoms with Gasteiger partial charge in [-0.2, -0.15) is 16.4 Å². The van der Waals surface area contributed by atoms with Crippen molar-refractivity contribution in [2.75, 3.05) is 12.8 Å². The molecule has 114 valence electrons. The first-order valence-corrected chi connectivity index (χ1v) is 9.87. The number of likely N-dealkylation sites (tertiary alicyclic amines) is 1. The largest absolute Gasteiger partial charge is 0.290 e. The van der Waals surface area contributed by atoms with Crippen molar-refractivity contribution in [1.29, 1.82) is 0 Å². The highest BCUT2D eigenvalue weighted by Gasteiger charge is 2.30. The molecule has 1 atom stereocenters. The summed E-state index contributed by atoms with van der Waals surface area (Å²) in [7, 11) is -3.24. The second-order valence-corrected chi connectivity index (χ2v) is 8.30. The minimum atomic E-state index is -3.24. The standard InChI is InChI=1S/C14H19N3O2S2/c1-21(18,19)13-8-15-16-14(13)12-4-2-3-6-17(12)9-11-5-7-20-10-11/h5,7-8,10,12H,2-4,6,9H2,1H3,(H,15,16). The molecule has 0 amide bonds. The fraction of sp³-hybridized carbons (Fsp3) is 0.500. The quantitative estimate of drug-likeness (QED) is 0.938. The van der Waals surface area contributed by atoms with Gasteiger partial charge in [0.05, 0.1) is 17.9 Å². The molecule has 3 rings (SSSR count). The number of sulfone groups is 1. The fourth-order valence-corrected chi connectivity index (χ4v) is 4.43. The van der Waals surface area contributed by atoms with Crippen LogP contribution in [-0.2, 0) is 16.4 Å². The number of hydrogen-bond donors (Lipinski definition) is 1. The minimum Gasteiger partial charge on any atom is -0.290 e. The van der Waals surface area contributed by atoms with Crippen LogP contribution in [0.25, 0.3) is 0 Å². The van der Waals surface area contributed by atoms with Gasteiger partial charge in [-0.05, 0) is 41.8 Å². The second kappa shape index (κ2) is 5.90. The van der Waals surface area contributed by atoms with E-state index in [9.17, 15) is 8.42 Å². The molecular weight excluding hydrogens is 306 g/mol. The molecule has 0 bridgehead atoms. The lowest BCUT2D eigenvalue weighted by molar-refractivity contribution is 0.135. The van der Waals surface area contributed by atoms with Crippen LogP contribution < -0.4 is 0 Å². The number of aromatic nitrogens is 2. The molecule has 1 aliphatic heterocycles. The molecule has 1 fully saturated rings. The first kappa shape index (κ1) is 14.7. The molecule has 2 aromatic rings. The zero-order chi connectivity index (χ0) is 14.9. The maximum absolute atomic E-state index is 11.9. The topological polar surface area (TPSA) is 66.1 Å². The van der Waals surface area contributed by atoms with E-state index in [-0.39, 0.29) is 6.04 Å². The maximum Gasteiger partial charge on any atom is 0.178 e. The SMILES string of the molecule is CS(=O)(=O)c1cn[nH]c1C1CCCCN1Cc1ccsc1. The van der Waals surface area contributed by atoms with Crippen molar-refractivity contribution >= 4 is 21.2 Å². The van der Waals surface area contributed by atoms with Gasteiger partial charge in [-0.25, -0.2) is 8.42 Å². The number of H-pyrrole nitrogens is 1. The lowest BCUT2D eigenvalue weighted by Crippen LogP contribution is -2.33. The molecule has 1 saturated heterocycles. The van der Waals surface area contributed by atoms with E-state index in [1.165, 1.54) is 18.0 Å². The van der Waals surface area contributed by atoms with Gasteiger partial charge in [-0.15, -0.1) is 0 Å². The molecule has 0 radical (unpaired) electrons. The predicted octanol–water partition coefficient (Wildman–Crippen LogP) is 2.60. The summed E-state index contributed by atoms with van der Waals surface area (Å²) in [5.41, 5.74) is 2.03. The lowest BCUT2D eigenvalue weighted by atomic mass is 9.99. The van der Waals surface area contributed by atoms with Crippen molar-refractivity contribution in [3.05, 3.63) is 34.3 Å². The molecule has 1 unspecified atom stereocenters. The number of hydrogen-bond acceptors (Lipinski definition) is 5. The summed E-state index contributed by atoms with van der Waals surface area (Å²) in [6.07, 6.45) is 5.92. The van der Waals surface area contributed by atoms with Crippen LogP contribution in [0.5, 0.6) is 0 Å². The van der Waals surface area contributed by atoms with Gasteiger partial charge in [0.2, 0.25) is 0 Å². The van der Waals surface area contributed by atoms with Crippen LogP contribution in [-0.4, -0.2) is 36.3 Å². The molecule has 5 nitrogen and oxygen atoms in total. The summed E-state index contributed by atoms with van der Waals surface area (Å²) >= 11 is 1.69. The van der Waals surface area contributed by atoms with E-state index in [1.54, 1.807) is 11.3 Å². The summed E-state index contributed by atoms with van der Waals surface area (Å²) in [6, 6.07) is 2.23. The van der Waals surface area contributed by atoms with Crippen molar-refractivity contribution in [2.24, 2.45) is 0 Å². The molecule has 1 N–H and O–H groups in total. The number of nitrogens with zero attached hydrogens (tertiary/aromatic N) is 2. The van der Waals surface area contributed by atoms with E-state index in [1.807, 2.05) is 0 Å². The minimum absolute atomic E-state index is 0.103. The van der Waals surface area contributed by atoms with Gasteiger partial charge < -0.3 is 0 Å². The van der Waals surface area contributed by atoms with Crippen molar-refractivity contribution in [3.8, 4) is 0 Å². The number of aromatic amines is 1. The average Bonchev–Trinajstić information content (AvgIpc) is 3.08. The number of thiophene rings is 1. The van der Waals surface area contributed by atoms with Gasteiger partial charge in [-0.1, -0.05) is 6.42 Å². The van der Waals surface area contributed by atoms with E-state index < -0.39 is 9.84 Å². The molecule has 0 spiro atoms. The molecule has 0 aliphatic carbocycles. The summed E-state index contributed by atoms with van der Waals surface area (Å²) < 4.78 is 23.8. The van der Waals surface area contributed by atoms with Gasteiger partial charge >= 0.3 is 0 Å². The van der Waals surface area contributed by atoms with Crippen LogP contribution in [0.2, 0.25) is 0 Å². The van der Waals surface area contributed by atoms with Gasteiger partial charge in [0.25, 0.3) is 0 Å². The van der Waals surface area contributed by atoms with Crippen molar-refractivity contribution in [2.45, 2.75) is 36.7 Å². The van der Waals surface area contributed by atoms with Crippen LogP contribution in [0.3, 0.4) is 0 Å². The normalized spacial score (nSPS) is 20.7. The predicted molar refractivity (Wildman–Crippen MR) is 83.0 cm³/mol. The Hall–Kier alpha value is -1.18. The van der Waals surface area contributed by atoms with E-state index in [0.717, 1.165) is 38.0 Å². The van der Waals surface area contributed by atoms with Crippen molar-refractivity contribution in [1.82, 2.24) is 15.1 Å². The van der Waals surface area contributed by atoms with E-state index in [0.29, 0.717) is 4.90 Å². The Balaban J connectivity index is 1.89. The zero-order valence-corrected chi connectivity index (χ0v) is 13.6. The van der Waals surface area contributed by atoms with E-state index in [2.05, 4.69) is 31.9 Å². The van der Waals surface area contributed by atoms with Crippen LogP contribution in [0.1, 0.15) is 36.6 Å². The third-order valence-electron chi connectivity index (χ3n) is 3.94. The summed E-state index contributed by atoms with van der Waals surface area (Å²) in [5, 5.41) is 11.1. The number of nitrogens with one attached hydrogen (secondary N) is 1. The van der Waals surface area contributed by atoms with Crippen molar-refractivity contribution in [3.63, 3.8) is 0 Å². The Kier molecular flexibility index (Phi) is 4.14. The smallest absolute Gasteiger partial charge is 0.178 e. The van der Waals surface area contributed by atoms with Gasteiger partial charge in [0.15, 0.2) is 9.84 Å². The Bertz CT molecular complexity index is 692. The summed E-state index contributed by atoms with van der Waals surface area (Å²) in [6.45, 7) is 1.85. The van der Waals surface area contributed by atoms with E-state index in [4.69, 9.17) is 0 Å². The van der Waals surface area contributed by atoms with Crippen LogP contribution in [0.4, 0.5) is 0 Å². The highest BCUT2D eigenvalue weighted by Crippen LogP contribution is 2.34. The van der Waals surface area contributed by atoms with Gasteiger partial charge in [-0.3, -0.25) is 10.00 Å². The number of piperidine rings is 1. The fourth-order valence-electron chi connectivity index (χ4n) is 2.94. The highest BCUT2D eigenvalue weighted by molar-refractivity contribution is 7.90. The monoisotopic (exact) mass is 325 g/mol. The van der Waals surface area contributed by atoms with Crippen LogP contribution in [0, 0.1) is 0 Å². The Labute approximate surface area is 128 Å². The van der Waals surface area contributed by atoms with Gasteiger partial charge in [0.1, 0.15) is 4.90 Å². The molecule has 21 heavy (non-hydrogen) atoms. The van der Waals surface area contributed by atoms with Gasteiger partial charge in [0, 0.05) is 12.8 Å². The zero-order valence-electron chi connectivity index (χ0n) is 11.9. The lowest BCUT2D eigenvalue weighted by Gasteiger charge is -2.35. The molecule has 3 heterocycles. The molecule has 0 saturated carbocycles. The summed E-state index contributed by atoms with van der Waals surface area (Å²) in [5.74, 6) is 0. The first-order chi connectivity index (χ1) is 10.1. The average molecular weight is 325 g/mol. The van der Waals surface area contributed by atoms with Crippen LogP contribution in [0.15, 0.2) is 27.9 Å². The third kappa shape index (κ3) is 3.20. The number of rotatable bonds is 4. The van der Waals surface area contributed by atoms with Crippen LogP contribution >= 0.6 is 11.3 Å². The Morgan fingerprint density at radius 2 is 2.33 bits per heavy atom. The molecule has 2 aromatic heterocycles. The molecule has 1 aliphatic rings. The first-order valence-electron chi connectivity index (χ1n) is 7.04. The maximum atomic E-state index is 11.9. The molecule has 0 aromatic carbocycles. The summed E-state index contributed by atoms with van der Waals surface area (Å²) in [4.78, 5) is 2.69. The highest BCUT2D eigenvalue weighted by atomic mass is 32.2. The Morgan fingerprint density at radius 3 is 3.05 bits per heavy atom. The van der Waals surface area contributed by atoms with Crippen molar-refractivity contribution < 1.29 is 8.42 Å². The Morgan fingerprint density at radius 1 is 1.48 bits per heavy atom. The molecule has 7 heteroatoms.